The Balaban J connectivity index is 0.000000391. The van der Waals surface area contributed by atoms with Gasteiger partial charge >= 0.3 is 22.1 Å². The maximum atomic E-state index is 11.1. The van der Waals surface area contributed by atoms with E-state index in [1.165, 1.54) is 0 Å². The number of hydrogen-bond acceptors (Lipinski definition) is 8. The van der Waals surface area contributed by atoms with Gasteiger partial charge in [0.15, 0.2) is 5.60 Å². The molecule has 1 N–H and O–H groups in total. The smallest absolute Gasteiger partial charge is 0.404 e. The summed E-state index contributed by atoms with van der Waals surface area (Å²) in [5.74, 6) is -0.969. The maximum Gasteiger partial charge on any atom is 0.404 e. The largest absolute Gasteiger partial charge is 0.464 e. The number of ether oxygens (including phenoxy) is 3. The van der Waals surface area contributed by atoms with Crippen LogP contribution in [0.2, 0.25) is 0 Å². The summed E-state index contributed by atoms with van der Waals surface area (Å²) in [5, 5.41) is 9.05. The molecule has 0 amide bonds. The third-order valence-electron chi connectivity index (χ3n) is 3.01. The molecule has 25 heavy (non-hydrogen) atoms. The Hall–Kier alpha value is -1.09. The van der Waals surface area contributed by atoms with Crippen LogP contribution in [-0.2, 0) is 23.8 Å². The Labute approximate surface area is 159 Å². The summed E-state index contributed by atoms with van der Waals surface area (Å²) in [7, 11) is 0. The highest BCUT2D eigenvalue weighted by Gasteiger charge is 2.55. The lowest BCUT2D eigenvalue weighted by atomic mass is 10.3. The third kappa shape index (κ3) is 9.84. The molecule has 2 rings (SSSR count). The van der Waals surface area contributed by atoms with Crippen LogP contribution in [0.25, 0.3) is 0 Å². The van der Waals surface area contributed by atoms with Crippen LogP contribution in [0.3, 0.4) is 0 Å². The lowest BCUT2D eigenvalue weighted by Crippen LogP contribution is -2.29. The Morgan fingerprint density at radius 1 is 0.880 bits per heavy atom. The van der Waals surface area contributed by atoms with Gasteiger partial charge in [-0.15, -0.1) is 0 Å². The van der Waals surface area contributed by atoms with E-state index in [2.05, 4.69) is 32.7 Å². The molecule has 2 fully saturated rings. The SMILES string of the molecule is CCOC(=O)C1(O)CC1.CCOC(=O)C1(OC(=O)Cl)CC1.O=C(Cl)Cl. The predicted molar refractivity (Wildman–Crippen MR) is 88.9 cm³/mol. The first-order valence-electron chi connectivity index (χ1n) is 7.33. The summed E-state index contributed by atoms with van der Waals surface area (Å²) in [6.07, 6.45) is 2.13. The van der Waals surface area contributed by atoms with Crippen molar-refractivity contribution in [2.75, 3.05) is 13.2 Å². The van der Waals surface area contributed by atoms with Crippen LogP contribution >= 0.6 is 34.8 Å². The van der Waals surface area contributed by atoms with Gasteiger partial charge in [0.1, 0.15) is 0 Å². The van der Waals surface area contributed by atoms with Crippen molar-refractivity contribution < 1.29 is 38.5 Å². The Morgan fingerprint density at radius 2 is 1.28 bits per heavy atom. The molecule has 0 spiro atoms. The van der Waals surface area contributed by atoms with Gasteiger partial charge in [0.05, 0.1) is 13.2 Å². The van der Waals surface area contributed by atoms with Crippen LogP contribution < -0.4 is 0 Å². The fraction of sp³-hybridized carbons (Fsp3) is 0.714. The highest BCUT2D eigenvalue weighted by Crippen LogP contribution is 2.41. The summed E-state index contributed by atoms with van der Waals surface area (Å²) >= 11 is 13.8. The van der Waals surface area contributed by atoms with Crippen molar-refractivity contribution in [3.63, 3.8) is 0 Å². The standard InChI is InChI=1S/C7H9ClO4.C6H10O3.CCl2O/c1-2-11-5(9)7(3-4-7)12-6(8)10;1-2-9-5(7)6(8)3-4-6;2-1(3)4/h2-4H2,1H3;8H,2-4H2,1H3;. The van der Waals surface area contributed by atoms with Crippen molar-refractivity contribution in [1.29, 1.82) is 0 Å². The van der Waals surface area contributed by atoms with E-state index < -0.39 is 33.3 Å². The zero-order valence-electron chi connectivity index (χ0n) is 13.7. The number of rotatable bonds is 5. The molecule has 2 saturated carbocycles. The molecular formula is C14H19Cl3O8. The van der Waals surface area contributed by atoms with E-state index in [1.807, 2.05) is 0 Å². The molecule has 2 aliphatic rings. The van der Waals surface area contributed by atoms with E-state index in [-0.39, 0.29) is 6.61 Å². The molecule has 0 aliphatic heterocycles. The van der Waals surface area contributed by atoms with E-state index in [0.717, 1.165) is 0 Å². The van der Waals surface area contributed by atoms with Crippen molar-refractivity contribution in [2.45, 2.75) is 50.7 Å². The van der Waals surface area contributed by atoms with Gasteiger partial charge in [0, 0.05) is 24.4 Å². The van der Waals surface area contributed by atoms with Crippen LogP contribution in [-0.4, -0.2) is 51.6 Å². The molecule has 0 aromatic heterocycles. The topological polar surface area (TPSA) is 116 Å². The van der Waals surface area contributed by atoms with Gasteiger partial charge in [-0.1, -0.05) is 0 Å². The van der Waals surface area contributed by atoms with Gasteiger partial charge in [0.2, 0.25) is 5.60 Å². The van der Waals surface area contributed by atoms with Gasteiger partial charge in [-0.2, -0.15) is 0 Å². The molecular weight excluding hydrogens is 403 g/mol. The van der Waals surface area contributed by atoms with Crippen LogP contribution in [0.1, 0.15) is 39.5 Å². The summed E-state index contributed by atoms with van der Waals surface area (Å²) in [5.41, 5.74) is -3.12. The summed E-state index contributed by atoms with van der Waals surface area (Å²) in [4.78, 5) is 41.1. The minimum atomic E-state index is -1.10. The second kappa shape index (κ2) is 10.8. The van der Waals surface area contributed by atoms with Gasteiger partial charge in [-0.05, 0) is 49.9 Å². The van der Waals surface area contributed by atoms with Crippen molar-refractivity contribution in [3.8, 4) is 0 Å². The van der Waals surface area contributed by atoms with Gasteiger partial charge in [-0.3, -0.25) is 4.79 Å². The summed E-state index contributed by atoms with van der Waals surface area (Å²) in [6.45, 7) is 4.04. The molecule has 2 aliphatic carbocycles. The molecule has 0 atom stereocenters. The second-order valence-electron chi connectivity index (χ2n) is 5.03. The fourth-order valence-corrected chi connectivity index (χ4v) is 1.61. The average molecular weight is 422 g/mol. The number of carbonyl (C=O) groups excluding carboxylic acids is 4. The molecule has 0 aromatic rings. The minimum absolute atomic E-state index is 0.278. The van der Waals surface area contributed by atoms with Crippen LogP contribution in [0, 0.1) is 0 Å². The van der Waals surface area contributed by atoms with Crippen molar-refractivity contribution in [1.82, 2.24) is 0 Å². The quantitative estimate of drug-likeness (QED) is 0.409. The van der Waals surface area contributed by atoms with E-state index in [1.54, 1.807) is 13.8 Å². The number of carbonyl (C=O) groups is 4. The Kier molecular flexibility index (Phi) is 10.3. The molecule has 0 unspecified atom stereocenters. The first-order chi connectivity index (χ1) is 11.5. The van der Waals surface area contributed by atoms with Gasteiger partial charge in [0.25, 0.3) is 0 Å². The van der Waals surface area contributed by atoms with E-state index in [0.29, 0.717) is 32.3 Å². The Morgan fingerprint density at radius 3 is 1.56 bits per heavy atom. The maximum absolute atomic E-state index is 11.1. The van der Waals surface area contributed by atoms with E-state index >= 15 is 0 Å². The number of aliphatic hydroxyl groups is 1. The van der Waals surface area contributed by atoms with Crippen molar-refractivity contribution in [3.05, 3.63) is 0 Å². The molecule has 0 saturated heterocycles. The first-order valence-corrected chi connectivity index (χ1v) is 8.46. The van der Waals surface area contributed by atoms with Gasteiger partial charge in [-0.25, -0.2) is 14.4 Å². The number of halogens is 3. The molecule has 0 heterocycles. The monoisotopic (exact) mass is 420 g/mol. The molecule has 0 aromatic carbocycles. The van der Waals surface area contributed by atoms with Gasteiger partial charge < -0.3 is 19.3 Å². The molecule has 8 nitrogen and oxygen atoms in total. The highest BCUT2D eigenvalue weighted by atomic mass is 35.5. The normalized spacial score (nSPS) is 17.4. The average Bonchev–Trinajstić information content (AvgIpc) is 3.38. The zero-order chi connectivity index (χ0) is 19.7. The minimum Gasteiger partial charge on any atom is -0.464 e. The third-order valence-corrected chi connectivity index (χ3v) is 3.08. The molecule has 0 radical (unpaired) electrons. The van der Waals surface area contributed by atoms with Crippen molar-refractivity contribution >= 4 is 56.9 Å². The van der Waals surface area contributed by atoms with Crippen LogP contribution in [0.4, 0.5) is 9.59 Å². The number of esters is 2. The molecule has 0 bridgehead atoms. The first kappa shape index (κ1) is 23.9. The van der Waals surface area contributed by atoms with Crippen LogP contribution in [0.15, 0.2) is 0 Å². The lowest BCUT2D eigenvalue weighted by molar-refractivity contribution is -0.155. The molecule has 144 valence electrons. The lowest BCUT2D eigenvalue weighted by Gasteiger charge is -2.11. The second-order valence-corrected chi connectivity index (χ2v) is 6.22. The summed E-state index contributed by atoms with van der Waals surface area (Å²) in [6, 6.07) is 0. The van der Waals surface area contributed by atoms with Crippen molar-refractivity contribution in [2.24, 2.45) is 0 Å². The van der Waals surface area contributed by atoms with Crippen LogP contribution in [0.5, 0.6) is 0 Å². The Bertz CT molecular complexity index is 496. The fourth-order valence-electron chi connectivity index (χ4n) is 1.47. The number of hydrogen-bond donors (Lipinski definition) is 1. The summed E-state index contributed by atoms with van der Waals surface area (Å²) < 4.78 is 13.0. The molecule has 11 heteroatoms. The van der Waals surface area contributed by atoms with E-state index in [9.17, 15) is 14.4 Å². The highest BCUT2D eigenvalue weighted by molar-refractivity contribution is 6.93. The predicted octanol–water partition coefficient (Wildman–Crippen LogP) is 3.12. The van der Waals surface area contributed by atoms with E-state index in [4.69, 9.17) is 26.2 Å². The zero-order valence-corrected chi connectivity index (χ0v) is 15.9.